The summed E-state index contributed by atoms with van der Waals surface area (Å²) < 4.78 is 21.0. The standard InChI is InChI=1S/C26H31FN4O2S/c1-16(2)33-23-11-8-17(12-18(23)13-28)26(27)34-24(14-29)21-7-5-6-20-19(21)9-10-22(20)30-25(32)15-31(3)4/h5-8,11-12,14,16,22,24,26,29H,9-10,15H2,1-4H3,(H,30,32). The number of nitriles is 1. The van der Waals surface area contributed by atoms with Crippen molar-refractivity contribution in [1.29, 1.82) is 10.7 Å². The van der Waals surface area contributed by atoms with Crippen LogP contribution in [0.4, 0.5) is 4.39 Å². The molecule has 0 radical (unpaired) electrons. The topological polar surface area (TPSA) is 89.2 Å². The van der Waals surface area contributed by atoms with Gasteiger partial charge >= 0.3 is 0 Å². The van der Waals surface area contributed by atoms with E-state index in [1.165, 1.54) is 12.3 Å². The molecule has 0 bridgehead atoms. The van der Waals surface area contributed by atoms with Crippen LogP contribution in [0.25, 0.3) is 0 Å². The van der Waals surface area contributed by atoms with Crippen LogP contribution in [0.3, 0.4) is 0 Å². The predicted octanol–water partition coefficient (Wildman–Crippen LogP) is 5.10. The first kappa shape index (κ1) is 25.7. The number of likely N-dealkylation sites (N-methyl/N-ethyl adjacent to an activating group) is 1. The highest BCUT2D eigenvalue weighted by molar-refractivity contribution is 8.00. The van der Waals surface area contributed by atoms with Gasteiger partial charge in [-0.25, -0.2) is 4.39 Å². The molecule has 6 nitrogen and oxygen atoms in total. The maximum Gasteiger partial charge on any atom is 0.234 e. The number of thioether (sulfide) groups is 1. The third kappa shape index (κ3) is 6.16. The molecule has 1 aliphatic rings. The van der Waals surface area contributed by atoms with Crippen molar-refractivity contribution in [1.82, 2.24) is 10.2 Å². The second-order valence-corrected chi connectivity index (χ2v) is 10.1. The van der Waals surface area contributed by atoms with Crippen molar-refractivity contribution in [3.8, 4) is 11.8 Å². The van der Waals surface area contributed by atoms with Crippen molar-refractivity contribution < 1.29 is 13.9 Å². The van der Waals surface area contributed by atoms with Gasteiger partial charge in [0.1, 0.15) is 11.8 Å². The van der Waals surface area contributed by atoms with Crippen molar-refractivity contribution in [2.45, 2.75) is 49.6 Å². The number of nitrogens with one attached hydrogen (secondary N) is 2. The number of nitrogens with zero attached hydrogens (tertiary/aromatic N) is 2. The van der Waals surface area contributed by atoms with Gasteiger partial charge in [0, 0.05) is 6.21 Å². The zero-order valence-corrected chi connectivity index (χ0v) is 20.8. The Morgan fingerprint density at radius 2 is 2.15 bits per heavy atom. The Morgan fingerprint density at radius 1 is 1.38 bits per heavy atom. The molecule has 0 aliphatic heterocycles. The van der Waals surface area contributed by atoms with Crippen LogP contribution in [0.2, 0.25) is 0 Å². The van der Waals surface area contributed by atoms with Crippen molar-refractivity contribution in [2.75, 3.05) is 20.6 Å². The van der Waals surface area contributed by atoms with Crippen LogP contribution in [0.15, 0.2) is 36.4 Å². The third-order valence-electron chi connectivity index (χ3n) is 5.57. The fraction of sp³-hybridized carbons (Fsp3) is 0.423. The molecule has 0 fully saturated rings. The zero-order valence-electron chi connectivity index (χ0n) is 20.0. The number of alkyl halides is 1. The molecule has 34 heavy (non-hydrogen) atoms. The average molecular weight is 483 g/mol. The van der Waals surface area contributed by atoms with E-state index < -0.39 is 10.8 Å². The Morgan fingerprint density at radius 3 is 2.79 bits per heavy atom. The summed E-state index contributed by atoms with van der Waals surface area (Å²) in [6, 6.07) is 12.6. The summed E-state index contributed by atoms with van der Waals surface area (Å²) in [6.45, 7) is 4.06. The lowest BCUT2D eigenvalue weighted by Gasteiger charge is -2.20. The molecule has 1 aliphatic carbocycles. The molecule has 8 heteroatoms. The summed E-state index contributed by atoms with van der Waals surface area (Å²) in [5, 5.41) is 20.0. The Kier molecular flexibility index (Phi) is 8.70. The van der Waals surface area contributed by atoms with Gasteiger partial charge in [0.05, 0.1) is 29.5 Å². The molecule has 0 aromatic heterocycles. The largest absolute Gasteiger partial charge is 0.490 e. The van der Waals surface area contributed by atoms with E-state index >= 15 is 4.39 Å². The molecule has 180 valence electrons. The van der Waals surface area contributed by atoms with Crippen LogP contribution in [0.5, 0.6) is 5.75 Å². The Labute approximate surface area is 205 Å². The Bertz CT molecular complexity index is 1080. The molecular formula is C26H31FN4O2S. The average Bonchev–Trinajstić information content (AvgIpc) is 3.19. The summed E-state index contributed by atoms with van der Waals surface area (Å²) in [7, 11) is 3.70. The van der Waals surface area contributed by atoms with Gasteiger partial charge in [-0.2, -0.15) is 5.26 Å². The first-order chi connectivity index (χ1) is 16.2. The molecule has 0 saturated heterocycles. The van der Waals surface area contributed by atoms with Gasteiger partial charge in [0.15, 0.2) is 5.50 Å². The van der Waals surface area contributed by atoms with Crippen LogP contribution in [0.1, 0.15) is 64.9 Å². The van der Waals surface area contributed by atoms with Gasteiger partial charge < -0.3 is 20.4 Å². The van der Waals surface area contributed by atoms with Crippen molar-refractivity contribution in [2.24, 2.45) is 0 Å². The minimum Gasteiger partial charge on any atom is -0.490 e. The van der Waals surface area contributed by atoms with Crippen molar-refractivity contribution in [3.05, 3.63) is 64.2 Å². The van der Waals surface area contributed by atoms with Gasteiger partial charge in [0.2, 0.25) is 5.91 Å². The number of amides is 1. The number of hydrogen-bond acceptors (Lipinski definition) is 6. The van der Waals surface area contributed by atoms with Crippen molar-refractivity contribution in [3.63, 3.8) is 0 Å². The van der Waals surface area contributed by atoms with Crippen LogP contribution in [-0.4, -0.2) is 43.8 Å². The molecule has 0 heterocycles. The van der Waals surface area contributed by atoms with Crippen LogP contribution in [0, 0.1) is 16.7 Å². The minimum atomic E-state index is -1.42. The number of halogens is 1. The Balaban J connectivity index is 1.79. The van der Waals surface area contributed by atoms with E-state index in [1.807, 2.05) is 51.0 Å². The maximum absolute atomic E-state index is 15.3. The molecule has 2 N–H and O–H groups in total. The predicted molar refractivity (Wildman–Crippen MR) is 134 cm³/mol. The fourth-order valence-corrected chi connectivity index (χ4v) is 5.18. The summed E-state index contributed by atoms with van der Waals surface area (Å²) >= 11 is 1.03. The summed E-state index contributed by atoms with van der Waals surface area (Å²) in [5.41, 5.74) is 2.24. The summed E-state index contributed by atoms with van der Waals surface area (Å²) in [4.78, 5) is 14.1. The molecular weight excluding hydrogens is 451 g/mol. The van der Waals surface area contributed by atoms with Crippen LogP contribution < -0.4 is 10.1 Å². The number of rotatable bonds is 10. The van der Waals surface area contributed by atoms with E-state index in [0.717, 1.165) is 41.3 Å². The van der Waals surface area contributed by atoms with Crippen LogP contribution in [-0.2, 0) is 11.2 Å². The normalized spacial score (nSPS) is 16.6. The second kappa shape index (κ2) is 11.5. The zero-order chi connectivity index (χ0) is 24.8. The second-order valence-electron chi connectivity index (χ2n) is 8.88. The van der Waals surface area contributed by atoms with E-state index in [-0.39, 0.29) is 23.6 Å². The molecule has 0 spiro atoms. The van der Waals surface area contributed by atoms with Gasteiger partial charge in [-0.3, -0.25) is 4.79 Å². The summed E-state index contributed by atoms with van der Waals surface area (Å²) in [5.74, 6) is 0.401. The van der Waals surface area contributed by atoms with Gasteiger partial charge in [-0.1, -0.05) is 24.3 Å². The highest BCUT2D eigenvalue weighted by Gasteiger charge is 2.29. The monoisotopic (exact) mass is 482 g/mol. The number of carbonyl (C=O) groups is 1. The molecule has 3 rings (SSSR count). The van der Waals surface area contributed by atoms with E-state index in [1.54, 1.807) is 12.1 Å². The van der Waals surface area contributed by atoms with Crippen LogP contribution >= 0.6 is 11.8 Å². The lowest BCUT2D eigenvalue weighted by molar-refractivity contribution is -0.122. The Hall–Kier alpha value is -2.89. The van der Waals surface area contributed by atoms with E-state index in [9.17, 15) is 10.1 Å². The number of ether oxygens (including phenoxy) is 1. The quantitative estimate of drug-likeness (QED) is 0.460. The molecule has 3 unspecified atom stereocenters. The highest BCUT2D eigenvalue weighted by atomic mass is 32.2. The number of benzene rings is 2. The number of fused-ring (bicyclic) bond motifs is 1. The number of carbonyl (C=O) groups excluding carboxylic acids is 1. The SMILES string of the molecule is CC(C)Oc1ccc(C(F)SC(C=N)c2cccc3c2CCC3NC(=O)CN(C)C)cc1C#N. The lowest BCUT2D eigenvalue weighted by Crippen LogP contribution is -2.35. The van der Waals surface area contributed by atoms with Gasteiger partial charge in [-0.05, 0) is 75.2 Å². The molecule has 1 amide bonds. The van der Waals surface area contributed by atoms with E-state index in [2.05, 4.69) is 11.4 Å². The fourth-order valence-electron chi connectivity index (χ4n) is 4.17. The maximum atomic E-state index is 15.3. The summed E-state index contributed by atoms with van der Waals surface area (Å²) in [6.07, 6.45) is 2.71. The number of hydrogen-bond donors (Lipinski definition) is 2. The first-order valence-corrected chi connectivity index (χ1v) is 12.2. The smallest absolute Gasteiger partial charge is 0.234 e. The van der Waals surface area contributed by atoms with E-state index in [0.29, 0.717) is 17.9 Å². The molecule has 3 atom stereocenters. The highest BCUT2D eigenvalue weighted by Crippen LogP contribution is 2.45. The lowest BCUT2D eigenvalue weighted by atomic mass is 10.00. The first-order valence-electron chi connectivity index (χ1n) is 11.3. The van der Waals surface area contributed by atoms with Gasteiger partial charge in [-0.15, -0.1) is 11.8 Å². The van der Waals surface area contributed by atoms with Gasteiger partial charge in [0.25, 0.3) is 0 Å². The minimum absolute atomic E-state index is 0.0340. The molecule has 0 saturated carbocycles. The third-order valence-corrected chi connectivity index (χ3v) is 6.77. The van der Waals surface area contributed by atoms with Crippen molar-refractivity contribution >= 4 is 23.9 Å². The molecule has 2 aromatic rings. The molecule has 2 aromatic carbocycles. The van der Waals surface area contributed by atoms with E-state index in [4.69, 9.17) is 10.1 Å².